The van der Waals surface area contributed by atoms with Crippen molar-refractivity contribution in [3.05, 3.63) is 15.6 Å². The van der Waals surface area contributed by atoms with Crippen molar-refractivity contribution in [1.29, 1.82) is 0 Å². The van der Waals surface area contributed by atoms with Crippen molar-refractivity contribution in [3.8, 4) is 0 Å². The third kappa shape index (κ3) is 2.13. The highest BCUT2D eigenvalue weighted by Crippen LogP contribution is 2.31. The van der Waals surface area contributed by atoms with Gasteiger partial charge in [-0.2, -0.15) is 0 Å². The first kappa shape index (κ1) is 11.6. The van der Waals surface area contributed by atoms with Crippen LogP contribution in [0.3, 0.4) is 0 Å². The number of aliphatic hydroxyl groups is 1. The number of rotatable bonds is 3. The molecule has 0 bridgehead atoms. The first-order valence-corrected chi connectivity index (χ1v) is 5.41. The average Bonchev–Trinajstić information content (AvgIpc) is 2.48. The van der Waals surface area contributed by atoms with Gasteiger partial charge in [0, 0.05) is 12.0 Å². The van der Waals surface area contributed by atoms with E-state index in [4.69, 9.17) is 4.74 Å². The molecule has 1 heterocycles. The lowest BCUT2D eigenvalue weighted by atomic mass is 10.1. The van der Waals surface area contributed by atoms with Gasteiger partial charge in [-0.05, 0) is 27.7 Å². The second-order valence-corrected chi connectivity index (χ2v) is 5.05. The van der Waals surface area contributed by atoms with Crippen LogP contribution in [0, 0.1) is 6.92 Å². The quantitative estimate of drug-likeness (QED) is 0.841. The van der Waals surface area contributed by atoms with Gasteiger partial charge in [-0.25, -0.2) is 4.98 Å². The van der Waals surface area contributed by atoms with E-state index >= 15 is 0 Å². The number of thiazole rings is 1. The molecule has 0 aliphatic rings. The number of aromatic nitrogens is 1. The molecule has 0 saturated carbocycles. The molecule has 1 aromatic heterocycles. The maximum atomic E-state index is 9.46. The van der Waals surface area contributed by atoms with Crippen LogP contribution >= 0.6 is 11.3 Å². The molecule has 0 saturated heterocycles. The van der Waals surface area contributed by atoms with E-state index in [2.05, 4.69) is 4.98 Å². The summed E-state index contributed by atoms with van der Waals surface area (Å²) >= 11 is 1.58. The minimum Gasteiger partial charge on any atom is -0.387 e. The van der Waals surface area contributed by atoms with Gasteiger partial charge < -0.3 is 9.84 Å². The Labute approximate surface area is 88.8 Å². The molecule has 80 valence electrons. The molecule has 14 heavy (non-hydrogen) atoms. The molecule has 1 atom stereocenters. The largest absolute Gasteiger partial charge is 0.387 e. The molecular weight excluding hydrogens is 198 g/mol. The molecule has 1 unspecified atom stereocenters. The van der Waals surface area contributed by atoms with Gasteiger partial charge in [0.15, 0.2) is 0 Å². The second kappa shape index (κ2) is 3.96. The Morgan fingerprint density at radius 2 is 2.07 bits per heavy atom. The van der Waals surface area contributed by atoms with Crippen LogP contribution < -0.4 is 0 Å². The molecule has 0 fully saturated rings. The van der Waals surface area contributed by atoms with Crippen molar-refractivity contribution in [2.24, 2.45) is 0 Å². The zero-order chi connectivity index (χ0) is 10.9. The summed E-state index contributed by atoms with van der Waals surface area (Å²) in [5, 5.41) is 10.4. The molecule has 3 nitrogen and oxygen atoms in total. The van der Waals surface area contributed by atoms with Gasteiger partial charge >= 0.3 is 0 Å². The van der Waals surface area contributed by atoms with Crippen molar-refractivity contribution in [2.75, 3.05) is 7.11 Å². The number of aryl methyl sites for hydroxylation is 1. The van der Waals surface area contributed by atoms with E-state index in [1.54, 1.807) is 25.4 Å². The maximum Gasteiger partial charge on any atom is 0.125 e. The smallest absolute Gasteiger partial charge is 0.125 e. The maximum absolute atomic E-state index is 9.46. The Hall–Kier alpha value is -0.450. The summed E-state index contributed by atoms with van der Waals surface area (Å²) in [6, 6.07) is 0. The van der Waals surface area contributed by atoms with Gasteiger partial charge in [-0.3, -0.25) is 0 Å². The zero-order valence-corrected chi connectivity index (χ0v) is 10.1. The standard InChI is InChI=1S/C10H17NO2S/c1-6(12)8-7(2)14-9(11-8)10(3,4)13-5/h6,12H,1-5H3. The fraction of sp³-hybridized carbons (Fsp3) is 0.700. The summed E-state index contributed by atoms with van der Waals surface area (Å²) < 4.78 is 5.34. The first-order valence-electron chi connectivity index (χ1n) is 4.59. The van der Waals surface area contributed by atoms with Crippen LogP contribution in [0.15, 0.2) is 0 Å². The molecule has 4 heteroatoms. The van der Waals surface area contributed by atoms with E-state index in [9.17, 15) is 5.11 Å². The highest BCUT2D eigenvalue weighted by Gasteiger charge is 2.25. The van der Waals surface area contributed by atoms with Crippen LogP contribution in [-0.2, 0) is 10.3 Å². The highest BCUT2D eigenvalue weighted by molar-refractivity contribution is 7.11. The summed E-state index contributed by atoms with van der Waals surface area (Å²) in [4.78, 5) is 5.45. The van der Waals surface area contributed by atoms with Crippen molar-refractivity contribution in [1.82, 2.24) is 4.98 Å². The Balaban J connectivity index is 3.08. The lowest BCUT2D eigenvalue weighted by Gasteiger charge is -2.19. The number of ether oxygens (including phenoxy) is 1. The molecule has 1 aromatic rings. The summed E-state index contributed by atoms with van der Waals surface area (Å²) in [6.07, 6.45) is -0.507. The van der Waals surface area contributed by atoms with Crippen molar-refractivity contribution >= 4 is 11.3 Å². The normalized spacial score (nSPS) is 14.4. The average molecular weight is 215 g/mol. The topological polar surface area (TPSA) is 42.4 Å². The van der Waals surface area contributed by atoms with Crippen LogP contribution in [0.4, 0.5) is 0 Å². The lowest BCUT2D eigenvalue weighted by Crippen LogP contribution is -2.19. The van der Waals surface area contributed by atoms with Crippen molar-refractivity contribution in [3.63, 3.8) is 0 Å². The summed E-state index contributed by atoms with van der Waals surface area (Å²) in [5.74, 6) is 0. The van der Waals surface area contributed by atoms with Gasteiger partial charge in [0.2, 0.25) is 0 Å². The van der Waals surface area contributed by atoms with Crippen LogP contribution in [0.5, 0.6) is 0 Å². The molecule has 1 N–H and O–H groups in total. The molecule has 0 spiro atoms. The van der Waals surface area contributed by atoms with Crippen LogP contribution in [-0.4, -0.2) is 17.2 Å². The minimum absolute atomic E-state index is 0.372. The summed E-state index contributed by atoms with van der Waals surface area (Å²) in [7, 11) is 1.67. The van der Waals surface area contributed by atoms with E-state index in [-0.39, 0.29) is 5.60 Å². The second-order valence-electron chi connectivity index (χ2n) is 3.85. The Kier molecular flexibility index (Phi) is 3.29. The fourth-order valence-corrected chi connectivity index (χ4v) is 2.22. The van der Waals surface area contributed by atoms with E-state index in [1.165, 1.54) is 0 Å². The predicted molar refractivity (Wildman–Crippen MR) is 57.5 cm³/mol. The van der Waals surface area contributed by atoms with Gasteiger partial charge in [0.25, 0.3) is 0 Å². The Morgan fingerprint density at radius 3 is 2.43 bits per heavy atom. The molecule has 0 amide bonds. The Morgan fingerprint density at radius 1 is 1.50 bits per heavy atom. The van der Waals surface area contributed by atoms with Crippen LogP contribution in [0.1, 0.15) is 42.5 Å². The van der Waals surface area contributed by atoms with E-state index in [0.717, 1.165) is 15.6 Å². The number of methoxy groups -OCH3 is 1. The molecule has 0 radical (unpaired) electrons. The van der Waals surface area contributed by atoms with Crippen molar-refractivity contribution < 1.29 is 9.84 Å². The minimum atomic E-state index is -0.507. The fourth-order valence-electron chi connectivity index (χ4n) is 1.14. The van der Waals surface area contributed by atoms with Gasteiger partial charge in [-0.15, -0.1) is 11.3 Å². The highest BCUT2D eigenvalue weighted by atomic mass is 32.1. The third-order valence-corrected chi connectivity index (χ3v) is 3.55. The number of hydrogen-bond donors (Lipinski definition) is 1. The summed E-state index contributed by atoms with van der Waals surface area (Å²) in [6.45, 7) is 7.63. The number of hydrogen-bond acceptors (Lipinski definition) is 4. The summed E-state index contributed by atoms with van der Waals surface area (Å²) in [5.41, 5.74) is 0.387. The van der Waals surface area contributed by atoms with E-state index in [0.29, 0.717) is 0 Å². The molecular formula is C10H17NO2S. The molecule has 0 aliphatic heterocycles. The monoisotopic (exact) mass is 215 g/mol. The lowest BCUT2D eigenvalue weighted by molar-refractivity contribution is 0.0186. The predicted octanol–water partition coefficient (Wildman–Crippen LogP) is 2.39. The van der Waals surface area contributed by atoms with Gasteiger partial charge in [0.05, 0.1) is 11.8 Å². The molecule has 0 aliphatic carbocycles. The van der Waals surface area contributed by atoms with Crippen LogP contribution in [0.2, 0.25) is 0 Å². The molecule has 1 rings (SSSR count). The van der Waals surface area contributed by atoms with Gasteiger partial charge in [0.1, 0.15) is 10.6 Å². The van der Waals surface area contributed by atoms with Crippen molar-refractivity contribution in [2.45, 2.75) is 39.4 Å². The number of nitrogens with zero attached hydrogens (tertiary/aromatic N) is 1. The number of aliphatic hydroxyl groups excluding tert-OH is 1. The molecule has 0 aromatic carbocycles. The third-order valence-electron chi connectivity index (χ3n) is 2.25. The zero-order valence-electron chi connectivity index (χ0n) is 9.29. The van der Waals surface area contributed by atoms with E-state index < -0.39 is 6.10 Å². The van der Waals surface area contributed by atoms with Gasteiger partial charge in [-0.1, -0.05) is 0 Å². The SMILES string of the molecule is COC(C)(C)c1nc(C(C)O)c(C)s1. The first-order chi connectivity index (χ1) is 6.38. The van der Waals surface area contributed by atoms with E-state index in [1.807, 2.05) is 20.8 Å². The van der Waals surface area contributed by atoms with Crippen LogP contribution in [0.25, 0.3) is 0 Å². The Bertz CT molecular complexity index is 318.